The predicted molar refractivity (Wildman–Crippen MR) is 113 cm³/mol. The Hall–Kier alpha value is -4.54. The number of rotatable bonds is 7. The van der Waals surface area contributed by atoms with Crippen LogP contribution in [0.15, 0.2) is 54.9 Å². The second-order valence-electron chi connectivity index (χ2n) is 6.52. The molecule has 0 bridgehead atoms. The van der Waals surface area contributed by atoms with Crippen LogP contribution in [0.3, 0.4) is 0 Å². The first kappa shape index (κ1) is 21.2. The van der Waals surface area contributed by atoms with Crippen molar-refractivity contribution in [2.45, 2.75) is 13.8 Å². The molecule has 0 aliphatic carbocycles. The second-order valence-corrected chi connectivity index (χ2v) is 6.52. The molecule has 0 unspecified atom stereocenters. The summed E-state index contributed by atoms with van der Waals surface area (Å²) in [7, 11) is 0. The molecule has 0 fully saturated rings. The Morgan fingerprint density at radius 2 is 1.45 bits per heavy atom. The summed E-state index contributed by atoms with van der Waals surface area (Å²) in [4.78, 5) is 43.1. The molecule has 2 aromatic carbocycles. The van der Waals surface area contributed by atoms with Crippen LogP contribution < -0.4 is 21.7 Å². The normalized spacial score (nSPS) is 10.1. The predicted octanol–water partition coefficient (Wildman–Crippen LogP) is 2.52. The van der Waals surface area contributed by atoms with Crippen molar-refractivity contribution in [1.82, 2.24) is 20.8 Å². The molecule has 1 aromatic heterocycles. The number of nitrogens with one attached hydrogen (secondary N) is 4. The maximum absolute atomic E-state index is 12.3. The van der Waals surface area contributed by atoms with Crippen LogP contribution >= 0.6 is 0 Å². The van der Waals surface area contributed by atoms with E-state index < -0.39 is 22.4 Å². The molecule has 11 nitrogen and oxygen atoms in total. The molecule has 3 rings (SSSR count). The molecule has 0 saturated heterocycles. The van der Waals surface area contributed by atoms with Crippen molar-refractivity contribution in [3.05, 3.63) is 87.2 Å². The van der Waals surface area contributed by atoms with E-state index in [-0.39, 0.29) is 11.6 Å². The van der Waals surface area contributed by atoms with Crippen molar-refractivity contribution in [2.24, 2.45) is 0 Å². The maximum Gasteiger partial charge on any atom is 0.356 e. The second kappa shape index (κ2) is 9.31. The van der Waals surface area contributed by atoms with Gasteiger partial charge < -0.3 is 0 Å². The molecule has 0 radical (unpaired) electrons. The number of hydrazine groups is 2. The summed E-state index contributed by atoms with van der Waals surface area (Å²) in [5.41, 5.74) is 11.5. The molecule has 31 heavy (non-hydrogen) atoms. The van der Waals surface area contributed by atoms with Crippen molar-refractivity contribution in [1.29, 1.82) is 0 Å². The average Bonchev–Trinajstić information content (AvgIpc) is 2.76. The number of nitrogens with zero attached hydrogens (tertiary/aromatic N) is 3. The highest BCUT2D eigenvalue weighted by Gasteiger charge is 2.24. The molecule has 158 valence electrons. The van der Waals surface area contributed by atoms with Gasteiger partial charge in [-0.05, 0) is 37.6 Å². The molecular weight excluding hydrogens is 402 g/mol. The number of amides is 2. The number of aryl methyl sites for hydroxylation is 2. The summed E-state index contributed by atoms with van der Waals surface area (Å²) in [6.45, 7) is 3.65. The van der Waals surface area contributed by atoms with Crippen molar-refractivity contribution < 1.29 is 14.5 Å². The van der Waals surface area contributed by atoms with Gasteiger partial charge >= 0.3 is 5.69 Å². The van der Waals surface area contributed by atoms with Gasteiger partial charge in [0.25, 0.3) is 11.8 Å². The Morgan fingerprint density at radius 3 is 2.03 bits per heavy atom. The van der Waals surface area contributed by atoms with Gasteiger partial charge in [0, 0.05) is 11.1 Å². The van der Waals surface area contributed by atoms with Crippen LogP contribution in [0.2, 0.25) is 0 Å². The SMILES string of the molecule is Cc1ccc(C(=O)NNc2ncnc(NNC(=O)c3ccccc3C)c2[N+](=O)[O-])cc1. The van der Waals surface area contributed by atoms with Crippen molar-refractivity contribution >= 4 is 29.1 Å². The van der Waals surface area contributed by atoms with Crippen LogP contribution in [-0.2, 0) is 0 Å². The molecule has 4 N–H and O–H groups in total. The summed E-state index contributed by atoms with van der Waals surface area (Å²) in [6, 6.07) is 13.6. The summed E-state index contributed by atoms with van der Waals surface area (Å²) >= 11 is 0. The van der Waals surface area contributed by atoms with Crippen LogP contribution in [0.25, 0.3) is 0 Å². The van der Waals surface area contributed by atoms with Gasteiger partial charge in [-0.15, -0.1) is 0 Å². The lowest BCUT2D eigenvalue weighted by Crippen LogP contribution is -2.32. The molecule has 0 spiro atoms. The highest BCUT2D eigenvalue weighted by molar-refractivity contribution is 5.96. The van der Waals surface area contributed by atoms with Crippen LogP contribution in [0, 0.1) is 24.0 Å². The first-order chi connectivity index (χ1) is 14.9. The van der Waals surface area contributed by atoms with E-state index in [9.17, 15) is 19.7 Å². The minimum absolute atomic E-state index is 0.256. The van der Waals surface area contributed by atoms with E-state index in [1.807, 2.05) is 6.92 Å². The van der Waals surface area contributed by atoms with E-state index in [1.165, 1.54) is 0 Å². The Morgan fingerprint density at radius 1 is 0.871 bits per heavy atom. The van der Waals surface area contributed by atoms with Crippen molar-refractivity contribution in [3.8, 4) is 0 Å². The molecule has 0 saturated carbocycles. The third kappa shape index (κ3) is 5.09. The van der Waals surface area contributed by atoms with Crippen LogP contribution in [-0.4, -0.2) is 26.7 Å². The van der Waals surface area contributed by atoms with E-state index in [0.717, 1.165) is 17.5 Å². The molecule has 2 amide bonds. The Kier molecular flexibility index (Phi) is 6.36. The first-order valence-electron chi connectivity index (χ1n) is 9.11. The fourth-order valence-electron chi connectivity index (χ4n) is 2.64. The lowest BCUT2D eigenvalue weighted by molar-refractivity contribution is -0.383. The zero-order valence-corrected chi connectivity index (χ0v) is 16.7. The van der Waals surface area contributed by atoms with E-state index in [0.29, 0.717) is 11.1 Å². The molecular formula is C20H19N7O4. The molecule has 3 aromatic rings. The average molecular weight is 421 g/mol. The summed E-state index contributed by atoms with van der Waals surface area (Å²) in [5, 5.41) is 11.6. The number of aromatic nitrogens is 2. The zero-order valence-electron chi connectivity index (χ0n) is 16.7. The number of nitro groups is 1. The highest BCUT2D eigenvalue weighted by atomic mass is 16.6. The third-order valence-electron chi connectivity index (χ3n) is 4.30. The lowest BCUT2D eigenvalue weighted by atomic mass is 10.1. The molecule has 11 heteroatoms. The number of benzene rings is 2. The smallest absolute Gasteiger partial charge is 0.276 e. The van der Waals surface area contributed by atoms with E-state index in [4.69, 9.17) is 0 Å². The number of anilines is 2. The maximum atomic E-state index is 12.3. The van der Waals surface area contributed by atoms with Crippen LogP contribution in [0.1, 0.15) is 31.8 Å². The monoisotopic (exact) mass is 421 g/mol. The first-order valence-corrected chi connectivity index (χ1v) is 9.11. The fraction of sp³-hybridized carbons (Fsp3) is 0.100. The summed E-state index contributed by atoms with van der Waals surface area (Å²) < 4.78 is 0. The van der Waals surface area contributed by atoms with E-state index >= 15 is 0 Å². The van der Waals surface area contributed by atoms with Gasteiger partial charge in [0.2, 0.25) is 11.6 Å². The Balaban J connectivity index is 1.74. The van der Waals surface area contributed by atoms with Gasteiger partial charge in [0.05, 0.1) is 4.92 Å². The van der Waals surface area contributed by atoms with E-state index in [1.54, 1.807) is 55.5 Å². The lowest BCUT2D eigenvalue weighted by Gasteiger charge is -2.12. The molecule has 0 aliphatic rings. The zero-order chi connectivity index (χ0) is 22.4. The molecule has 0 atom stereocenters. The van der Waals surface area contributed by atoms with Gasteiger partial charge in [0.1, 0.15) is 6.33 Å². The van der Waals surface area contributed by atoms with Crippen molar-refractivity contribution in [3.63, 3.8) is 0 Å². The topological polar surface area (TPSA) is 151 Å². The Labute approximate surface area is 177 Å². The van der Waals surface area contributed by atoms with Gasteiger partial charge in [-0.3, -0.25) is 41.4 Å². The highest BCUT2D eigenvalue weighted by Crippen LogP contribution is 2.27. The van der Waals surface area contributed by atoms with Gasteiger partial charge in [-0.1, -0.05) is 35.9 Å². The van der Waals surface area contributed by atoms with Gasteiger partial charge in [-0.25, -0.2) is 9.97 Å². The number of carbonyl (C=O) groups is 2. The minimum Gasteiger partial charge on any atom is -0.276 e. The summed E-state index contributed by atoms with van der Waals surface area (Å²) in [6.07, 6.45) is 1.05. The Bertz CT molecular complexity index is 1130. The van der Waals surface area contributed by atoms with Crippen LogP contribution in [0.5, 0.6) is 0 Å². The largest absolute Gasteiger partial charge is 0.356 e. The number of hydrogen-bond donors (Lipinski definition) is 4. The number of carbonyl (C=O) groups excluding carboxylic acids is 2. The van der Waals surface area contributed by atoms with Crippen LogP contribution in [0.4, 0.5) is 17.3 Å². The quantitative estimate of drug-likeness (QED) is 0.335. The van der Waals surface area contributed by atoms with Crippen molar-refractivity contribution in [2.75, 3.05) is 10.9 Å². The van der Waals surface area contributed by atoms with Gasteiger partial charge in [0.15, 0.2) is 0 Å². The van der Waals surface area contributed by atoms with Gasteiger partial charge in [-0.2, -0.15) is 0 Å². The van der Waals surface area contributed by atoms with E-state index in [2.05, 4.69) is 31.7 Å². The summed E-state index contributed by atoms with van der Waals surface area (Å²) in [5.74, 6) is -1.51. The minimum atomic E-state index is -0.734. The molecule has 1 heterocycles. The molecule has 0 aliphatic heterocycles. The number of hydrogen-bond acceptors (Lipinski definition) is 8. The third-order valence-corrected chi connectivity index (χ3v) is 4.30. The fourth-order valence-corrected chi connectivity index (χ4v) is 2.64. The standard InChI is InChI=1S/C20H19N7O4/c1-12-7-9-14(10-8-12)19(28)25-23-17-16(27(30)31)18(22-11-21-17)24-26-20(29)15-6-4-3-5-13(15)2/h3-11H,1-2H3,(H,25,28)(H,26,29)(H2,21,22,23,24).